The summed E-state index contributed by atoms with van der Waals surface area (Å²) in [4.78, 5) is 39.8. The highest BCUT2D eigenvalue weighted by Crippen LogP contribution is 2.40. The maximum absolute atomic E-state index is 13.0. The average molecular weight is 652 g/mol. The van der Waals surface area contributed by atoms with E-state index in [2.05, 4.69) is 31.9 Å². The quantitative estimate of drug-likeness (QED) is 0.148. The third kappa shape index (κ3) is 5.86. The van der Waals surface area contributed by atoms with Gasteiger partial charge in [-0.15, -0.1) is 0 Å². The van der Waals surface area contributed by atoms with Gasteiger partial charge in [-0.3, -0.25) is 14.5 Å². The van der Waals surface area contributed by atoms with Crippen molar-refractivity contribution in [3.8, 4) is 11.5 Å². The fourth-order valence-electron chi connectivity index (χ4n) is 3.39. The van der Waals surface area contributed by atoms with Gasteiger partial charge in [0.1, 0.15) is 0 Å². The van der Waals surface area contributed by atoms with Gasteiger partial charge in [0, 0.05) is 4.47 Å². The summed E-state index contributed by atoms with van der Waals surface area (Å²) in [5.41, 5.74) is 1.64. The predicted molar refractivity (Wildman–Crippen MR) is 147 cm³/mol. The molecule has 0 spiro atoms. The van der Waals surface area contributed by atoms with E-state index in [1.54, 1.807) is 49.4 Å². The van der Waals surface area contributed by atoms with Crippen molar-refractivity contribution in [3.05, 3.63) is 96.2 Å². The number of ether oxygens (including phenoxy) is 2. The number of halogens is 3. The molecule has 0 bridgehead atoms. The molecule has 6 nitrogen and oxygen atoms in total. The van der Waals surface area contributed by atoms with Crippen molar-refractivity contribution in [1.82, 2.24) is 4.90 Å². The minimum absolute atomic E-state index is 0.161. The fourth-order valence-corrected chi connectivity index (χ4v) is 5.39. The molecule has 10 heteroatoms. The Morgan fingerprint density at radius 1 is 1.06 bits per heavy atom. The first-order chi connectivity index (χ1) is 17.3. The number of imide groups is 1. The maximum atomic E-state index is 13.0. The summed E-state index contributed by atoms with van der Waals surface area (Å²) >= 11 is 13.9. The van der Waals surface area contributed by atoms with Crippen molar-refractivity contribution in [3.63, 3.8) is 0 Å². The molecule has 4 rings (SSSR count). The Labute approximate surface area is 233 Å². The van der Waals surface area contributed by atoms with Crippen LogP contribution >= 0.6 is 55.2 Å². The minimum atomic E-state index is -0.636. The molecule has 3 aromatic rings. The van der Waals surface area contributed by atoms with Crippen LogP contribution in [0.2, 0.25) is 5.02 Å². The zero-order chi connectivity index (χ0) is 25.8. The molecule has 0 saturated carbocycles. The highest BCUT2D eigenvalue weighted by Gasteiger charge is 2.35. The Balaban J connectivity index is 1.60. The number of thioether (sulfide) groups is 1. The van der Waals surface area contributed by atoms with Crippen LogP contribution in [0.4, 0.5) is 4.79 Å². The second kappa shape index (κ2) is 11.6. The maximum Gasteiger partial charge on any atom is 0.345 e. The summed E-state index contributed by atoms with van der Waals surface area (Å²) in [5.74, 6) is -0.542. The lowest BCUT2D eigenvalue weighted by Crippen LogP contribution is -2.27. The summed E-state index contributed by atoms with van der Waals surface area (Å²) < 4.78 is 12.6. The van der Waals surface area contributed by atoms with Crippen molar-refractivity contribution in [2.24, 2.45) is 0 Å². The van der Waals surface area contributed by atoms with Crippen LogP contribution in [-0.4, -0.2) is 28.6 Å². The first-order valence-corrected chi connectivity index (χ1v) is 13.5. The topological polar surface area (TPSA) is 72.9 Å². The molecule has 1 aliphatic heterocycles. The first-order valence-electron chi connectivity index (χ1n) is 10.7. The normalized spacial score (nSPS) is 14.4. The monoisotopic (exact) mass is 649 g/mol. The molecule has 36 heavy (non-hydrogen) atoms. The van der Waals surface area contributed by atoms with Crippen molar-refractivity contribution in [2.75, 3.05) is 6.61 Å². The summed E-state index contributed by atoms with van der Waals surface area (Å²) in [6.45, 7) is 2.27. The number of amides is 2. The lowest BCUT2D eigenvalue weighted by Gasteiger charge is -2.14. The molecule has 1 heterocycles. The first kappa shape index (κ1) is 26.5. The van der Waals surface area contributed by atoms with Crippen LogP contribution in [0.3, 0.4) is 0 Å². The lowest BCUT2D eigenvalue weighted by molar-refractivity contribution is -0.123. The van der Waals surface area contributed by atoms with E-state index in [4.69, 9.17) is 21.1 Å². The van der Waals surface area contributed by atoms with Gasteiger partial charge >= 0.3 is 5.97 Å². The summed E-state index contributed by atoms with van der Waals surface area (Å²) in [6.07, 6.45) is 1.61. The summed E-state index contributed by atoms with van der Waals surface area (Å²) in [6, 6.07) is 17.3. The van der Waals surface area contributed by atoms with Gasteiger partial charge in [0.25, 0.3) is 11.1 Å². The standard InChI is InChI=1S/C26H18Br2ClNO5S/c1-2-34-21-12-15(11-19(28)23(21)35-25(32)17-8-4-6-10-20(17)29)13-22-24(31)30(26(33)36-22)14-16-7-3-5-9-18(16)27/h3-13H,2,14H2,1H3/b22-13-. The Kier molecular flexibility index (Phi) is 8.56. The molecule has 0 radical (unpaired) electrons. The minimum Gasteiger partial charge on any atom is -0.490 e. The van der Waals surface area contributed by atoms with Gasteiger partial charge in [-0.25, -0.2) is 4.79 Å². The third-order valence-electron chi connectivity index (χ3n) is 5.08. The number of hydrogen-bond acceptors (Lipinski definition) is 6. The van der Waals surface area contributed by atoms with Crippen molar-refractivity contribution >= 4 is 78.4 Å². The van der Waals surface area contributed by atoms with Crippen molar-refractivity contribution in [2.45, 2.75) is 13.5 Å². The molecule has 0 N–H and O–H groups in total. The number of hydrogen-bond donors (Lipinski definition) is 0. The number of rotatable bonds is 7. The molecule has 0 aromatic heterocycles. The second-order valence-electron chi connectivity index (χ2n) is 7.49. The molecule has 0 aliphatic carbocycles. The van der Waals surface area contributed by atoms with Crippen LogP contribution in [0.15, 0.2) is 74.5 Å². The van der Waals surface area contributed by atoms with Crippen LogP contribution in [-0.2, 0) is 11.3 Å². The summed E-state index contributed by atoms with van der Waals surface area (Å²) in [7, 11) is 0. The van der Waals surface area contributed by atoms with Gasteiger partial charge in [-0.05, 0) is 82.2 Å². The van der Waals surface area contributed by atoms with Crippen LogP contribution in [0, 0.1) is 0 Å². The number of benzene rings is 3. The highest BCUT2D eigenvalue weighted by atomic mass is 79.9. The number of carbonyl (C=O) groups excluding carboxylic acids is 3. The van der Waals surface area contributed by atoms with Gasteiger partial charge < -0.3 is 9.47 Å². The van der Waals surface area contributed by atoms with E-state index in [0.29, 0.717) is 22.4 Å². The highest BCUT2D eigenvalue weighted by molar-refractivity contribution is 9.10. The van der Waals surface area contributed by atoms with Crippen LogP contribution in [0.25, 0.3) is 6.08 Å². The zero-order valence-corrected chi connectivity index (χ0v) is 23.5. The molecule has 0 unspecified atom stereocenters. The average Bonchev–Trinajstić information content (AvgIpc) is 3.10. The zero-order valence-electron chi connectivity index (χ0n) is 18.8. The molecular formula is C26H18Br2ClNO5S. The molecule has 1 saturated heterocycles. The van der Waals surface area contributed by atoms with Crippen LogP contribution in [0.5, 0.6) is 11.5 Å². The van der Waals surface area contributed by atoms with E-state index in [0.717, 1.165) is 21.8 Å². The van der Waals surface area contributed by atoms with Gasteiger partial charge in [-0.2, -0.15) is 0 Å². The number of carbonyl (C=O) groups is 3. The van der Waals surface area contributed by atoms with Gasteiger partial charge in [-0.1, -0.05) is 57.9 Å². The Morgan fingerprint density at radius 2 is 1.78 bits per heavy atom. The SMILES string of the molecule is CCOc1cc(/C=C2\SC(=O)N(Cc3ccccc3Br)C2=O)cc(Br)c1OC(=O)c1ccccc1Cl. The van der Waals surface area contributed by atoms with E-state index in [1.165, 1.54) is 4.90 Å². The molecule has 184 valence electrons. The molecule has 1 aliphatic rings. The third-order valence-corrected chi connectivity index (χ3v) is 7.68. The summed E-state index contributed by atoms with van der Waals surface area (Å²) in [5, 5.41) is -0.0807. The van der Waals surface area contributed by atoms with E-state index in [9.17, 15) is 14.4 Å². The lowest BCUT2D eigenvalue weighted by atomic mass is 10.1. The Hall–Kier alpha value is -2.59. The number of nitrogens with zero attached hydrogens (tertiary/aromatic N) is 1. The van der Waals surface area contributed by atoms with Crippen LogP contribution < -0.4 is 9.47 Å². The van der Waals surface area contributed by atoms with Crippen molar-refractivity contribution in [1.29, 1.82) is 0 Å². The molecular weight excluding hydrogens is 634 g/mol. The van der Waals surface area contributed by atoms with E-state index < -0.39 is 5.97 Å². The molecule has 0 atom stereocenters. The predicted octanol–water partition coefficient (Wildman–Crippen LogP) is 7.72. The van der Waals surface area contributed by atoms with E-state index in [1.807, 2.05) is 24.3 Å². The van der Waals surface area contributed by atoms with Gasteiger partial charge in [0.15, 0.2) is 11.5 Å². The second-order valence-corrected chi connectivity index (χ2v) is 10.6. The molecule has 3 aromatic carbocycles. The Bertz CT molecular complexity index is 1390. The van der Waals surface area contributed by atoms with E-state index in [-0.39, 0.29) is 38.9 Å². The molecule has 1 fully saturated rings. The smallest absolute Gasteiger partial charge is 0.345 e. The molecule has 2 amide bonds. The van der Waals surface area contributed by atoms with Crippen LogP contribution in [0.1, 0.15) is 28.4 Å². The van der Waals surface area contributed by atoms with Crippen molar-refractivity contribution < 1.29 is 23.9 Å². The Morgan fingerprint density at radius 3 is 2.50 bits per heavy atom. The van der Waals surface area contributed by atoms with Gasteiger partial charge in [0.2, 0.25) is 0 Å². The fraction of sp³-hybridized carbons (Fsp3) is 0.115. The van der Waals surface area contributed by atoms with Gasteiger partial charge in [0.05, 0.1) is 33.1 Å². The largest absolute Gasteiger partial charge is 0.490 e. The number of esters is 1. The van der Waals surface area contributed by atoms with E-state index >= 15 is 0 Å².